The van der Waals surface area contributed by atoms with Crippen molar-refractivity contribution in [3.8, 4) is 5.75 Å². The van der Waals surface area contributed by atoms with Crippen molar-refractivity contribution in [2.75, 3.05) is 65.4 Å². The van der Waals surface area contributed by atoms with Crippen LogP contribution in [0.5, 0.6) is 5.75 Å². The summed E-state index contributed by atoms with van der Waals surface area (Å²) in [5, 5.41) is 68.9. The molecule has 0 bridgehead atoms. The lowest BCUT2D eigenvalue weighted by atomic mass is 9.99. The van der Waals surface area contributed by atoms with Crippen molar-refractivity contribution in [1.82, 2.24) is 87.6 Å². The van der Waals surface area contributed by atoms with Crippen molar-refractivity contribution in [3.63, 3.8) is 0 Å². The second-order valence-electron chi connectivity index (χ2n) is 33.1. The van der Waals surface area contributed by atoms with Crippen LogP contribution in [-0.2, 0) is 110 Å². The topological polar surface area (TPSA) is 677 Å². The molecule has 15 atom stereocenters. The number of carbonyl (C=O) groups excluding carboxylic acids is 18. The van der Waals surface area contributed by atoms with Gasteiger partial charge in [-0.05, 0) is 99.4 Å². The highest BCUT2D eigenvalue weighted by Crippen LogP contribution is 2.28. The molecule has 8 rings (SSSR count). The Morgan fingerprint density at radius 1 is 0.508 bits per heavy atom. The van der Waals surface area contributed by atoms with Crippen LogP contribution in [0.25, 0.3) is 21.8 Å². The van der Waals surface area contributed by atoms with E-state index in [1.807, 2.05) is 6.92 Å². The number of unbranched alkanes of at least 4 members (excludes halogenated alkanes) is 2. The van der Waals surface area contributed by atoms with Gasteiger partial charge < -0.3 is 131 Å². The number of fused-ring (bicyclic) bond motifs is 4. The van der Waals surface area contributed by atoms with Crippen molar-refractivity contribution in [3.05, 3.63) is 102 Å². The molecule has 45 heteroatoms. The second-order valence-corrected chi connectivity index (χ2v) is 34.1. The smallest absolute Gasteiger partial charge is 0.303 e. The van der Waals surface area contributed by atoms with Gasteiger partial charge in [-0.25, -0.2) is 0 Å². The van der Waals surface area contributed by atoms with Gasteiger partial charge in [-0.2, -0.15) is 0 Å². The summed E-state index contributed by atoms with van der Waals surface area (Å²) in [6.07, 6.45) is -2.05. The molecule has 0 unspecified atom stereocenters. The number of aromatic nitrogens is 2. The number of H-pyrrole nitrogens is 2. The molecule has 0 radical (unpaired) electrons. The molecule has 2 aromatic heterocycles. The van der Waals surface area contributed by atoms with E-state index >= 15 is 33.6 Å². The van der Waals surface area contributed by atoms with Crippen molar-refractivity contribution in [2.24, 2.45) is 22.9 Å². The first-order chi connectivity index (χ1) is 62.8. The Morgan fingerprint density at radius 2 is 1.02 bits per heavy atom. The normalized spacial score (nSPS) is 25.0. The lowest BCUT2D eigenvalue weighted by Gasteiger charge is -2.36. The number of carboxylic acid groups (broad SMARTS) is 1. The van der Waals surface area contributed by atoms with E-state index in [2.05, 4.69) is 63.1 Å². The molecule has 5 heterocycles. The quantitative estimate of drug-likeness (QED) is 0.0247. The Labute approximate surface area is 764 Å². The number of phenolic OH excluding ortho intramolecular Hbond substituents is 1. The number of phenols is 1. The number of benzene rings is 3. The zero-order valence-corrected chi connectivity index (χ0v) is 75.2. The maximum absolute atomic E-state index is 15.8. The largest absolute Gasteiger partial charge is 0.508 e. The number of nitrogens with two attached hydrogens (primary N) is 4. The fourth-order valence-electron chi connectivity index (χ4n) is 16.0. The number of hydrogen-bond donors (Lipinski definition) is 20. The SMILES string of the molecule is CCCC[C@H]1C(=O)N(C)[C@@H](CCCC)C(=O)N[C@@H](CCC(=O)O)C(=O)N[C@H](C(=O)NCC(N)=O)CSCC(=O)N[C@@H](Cc2ccc(O)cc2)C(=O)N(C)[C@@H](C)C(=O)N[C@H](CC(N)=O)C(=O)N2CCC[C@H]2C(=O)N[C@@H](CO)C(=O)N[C@@H](CCC(N)=O)C(=O)N2C[C@H](O)C[C@H]2C(=O)N[C@@H](Cc2c[nH]c3ccccc23)C(=O)N[C@@H](CCN)C(=O)N[C@@H](Cc2c[nH]c3ccccc23)C(=O)N1C. The summed E-state index contributed by atoms with van der Waals surface area (Å²) in [5.41, 5.74) is 25.4. The molecule has 44 nitrogen and oxygen atoms in total. The predicted molar refractivity (Wildman–Crippen MR) is 478 cm³/mol. The standard InChI is InChI=1S/C87H121N21O23S/c1-7-9-20-65-80(124)97-56(28-30-73(116)117)76(120)103-64(75(119)94-41-71(91)114)44-132-45-72(115)95-60(34-47-23-25-50(110)26-24-47)83(127)104(4)46(3)74(118)100-62(38-70(90)113)86(130)107-33-15-22-66(107)81(125)102-63(43-109)79(123)98-58(27-29-69(89)112)85(129)108-42-51(111)37-68(108)82(126)99-59(35-48-39-92-54-18-13-11-16-52(48)54)78(122)96-57(31-32-88)77(121)101-61(36-49-40-93-55-19-14-12-17-53(49)55)84(128)106(6)67(21-10-8-2)87(131)105(65)5/h11-14,16-19,23-26,39-40,46,51,56-68,92-93,109-111H,7-10,15,20-22,27-38,41-45,88H2,1-6H3,(H2,89,112)(H2,90,113)(H2,91,114)(H,94,119)(H,95,115)(H,96,122)(H,97,124)(H,98,123)(H,99,126)(H,100,118)(H,101,121)(H,102,125)(H,103,120)(H,116,117)/t46-,51+,56-,57-,58-,59-,60-,61-,62+,63-,64-,65-,66-,67-,68-/m0/s1. The van der Waals surface area contributed by atoms with Gasteiger partial charge in [-0.3, -0.25) is 91.1 Å². The number of carbonyl (C=O) groups is 19. The summed E-state index contributed by atoms with van der Waals surface area (Å²) in [6.45, 7) is 1.82. The first kappa shape index (κ1) is 104. The van der Waals surface area contributed by atoms with Crippen molar-refractivity contribution < 1.29 is 112 Å². The summed E-state index contributed by atoms with van der Waals surface area (Å²) in [4.78, 5) is 284. The van der Waals surface area contributed by atoms with E-state index in [0.717, 1.165) is 24.5 Å². The van der Waals surface area contributed by atoms with E-state index in [4.69, 9.17) is 22.9 Å². The van der Waals surface area contributed by atoms with Gasteiger partial charge in [0, 0.05) is 113 Å². The summed E-state index contributed by atoms with van der Waals surface area (Å²) < 4.78 is 0. The van der Waals surface area contributed by atoms with Gasteiger partial charge in [0.2, 0.25) is 106 Å². The molecular weight excluding hydrogens is 1740 g/mol. The fourth-order valence-corrected chi connectivity index (χ4v) is 16.8. The van der Waals surface area contributed by atoms with E-state index in [0.29, 0.717) is 69.5 Å². The van der Waals surface area contributed by atoms with Crippen LogP contribution < -0.4 is 76.1 Å². The van der Waals surface area contributed by atoms with Crippen LogP contribution in [0.1, 0.15) is 134 Å². The highest BCUT2D eigenvalue weighted by atomic mass is 32.2. The maximum Gasteiger partial charge on any atom is 0.303 e. The van der Waals surface area contributed by atoms with E-state index in [-0.39, 0.29) is 76.6 Å². The van der Waals surface area contributed by atoms with Crippen LogP contribution in [-0.4, -0.2) is 323 Å². The minimum Gasteiger partial charge on any atom is -0.508 e. The number of rotatable bonds is 26. The fraction of sp³-hybridized carbons (Fsp3) is 0.529. The minimum absolute atomic E-state index is 0.0403. The Balaban J connectivity index is 1.19. The van der Waals surface area contributed by atoms with Crippen molar-refractivity contribution in [1.29, 1.82) is 0 Å². The van der Waals surface area contributed by atoms with Crippen molar-refractivity contribution in [2.45, 2.75) is 227 Å². The molecule has 18 amide bonds. The molecule has 3 fully saturated rings. The number of aliphatic hydroxyl groups excluding tert-OH is 2. The molecule has 24 N–H and O–H groups in total. The van der Waals surface area contributed by atoms with Gasteiger partial charge >= 0.3 is 5.97 Å². The highest BCUT2D eigenvalue weighted by molar-refractivity contribution is 8.00. The number of aliphatic carboxylic acids is 1. The summed E-state index contributed by atoms with van der Waals surface area (Å²) >= 11 is 0.694. The van der Waals surface area contributed by atoms with Crippen molar-refractivity contribution >= 4 is 146 Å². The predicted octanol–water partition coefficient (Wildman–Crippen LogP) is -4.72. The summed E-state index contributed by atoms with van der Waals surface area (Å²) in [6, 6.07) is -3.76. The molecule has 0 aliphatic carbocycles. The number of para-hydroxylation sites is 2. The van der Waals surface area contributed by atoms with Crippen LogP contribution in [0.2, 0.25) is 0 Å². The average molecular weight is 1860 g/mol. The average Bonchev–Trinajstić information content (AvgIpc) is 1.65. The summed E-state index contributed by atoms with van der Waals surface area (Å²) in [7, 11) is 3.78. The summed E-state index contributed by atoms with van der Waals surface area (Å²) in [5.74, 6) is -21.2. The van der Waals surface area contributed by atoms with Gasteiger partial charge in [-0.1, -0.05) is 88.1 Å². The van der Waals surface area contributed by atoms with Crippen LogP contribution in [0.15, 0.2) is 85.2 Å². The van der Waals surface area contributed by atoms with Crippen LogP contribution in [0, 0.1) is 0 Å². The Morgan fingerprint density at radius 3 is 1.61 bits per heavy atom. The number of nitrogens with zero attached hydrogens (tertiary/aromatic N) is 5. The molecule has 3 aliphatic heterocycles. The monoisotopic (exact) mass is 1860 g/mol. The molecule has 0 saturated carbocycles. The van der Waals surface area contributed by atoms with E-state index in [9.17, 15) is 78.0 Å². The van der Waals surface area contributed by atoms with Gasteiger partial charge in [0.05, 0.1) is 31.4 Å². The van der Waals surface area contributed by atoms with Crippen LogP contribution in [0.4, 0.5) is 0 Å². The molecule has 5 aromatic rings. The van der Waals surface area contributed by atoms with Gasteiger partial charge in [0.1, 0.15) is 90.3 Å². The molecule has 132 heavy (non-hydrogen) atoms. The molecule has 718 valence electrons. The van der Waals surface area contributed by atoms with E-state index in [1.54, 1.807) is 67.8 Å². The first-order valence-electron chi connectivity index (χ1n) is 43.7. The number of aliphatic hydroxyl groups is 2. The highest BCUT2D eigenvalue weighted by Gasteiger charge is 2.47. The number of aromatic amines is 2. The zero-order valence-electron chi connectivity index (χ0n) is 74.4. The number of likely N-dealkylation sites (N-methyl/N-ethyl adjacent to an activating group) is 3. The van der Waals surface area contributed by atoms with E-state index < -0.39 is 273 Å². The third-order valence-electron chi connectivity index (χ3n) is 23.4. The molecule has 3 saturated heterocycles. The second kappa shape index (κ2) is 49.6. The van der Waals surface area contributed by atoms with E-state index in [1.165, 1.54) is 52.3 Å². The third-order valence-corrected chi connectivity index (χ3v) is 24.5. The Hall–Kier alpha value is -13.3. The molecule has 3 aromatic carbocycles. The number of primary amides is 3. The number of carboxylic acids is 1. The molecular formula is C87H121N21O23S. The van der Waals surface area contributed by atoms with Gasteiger partial charge in [0.15, 0.2) is 0 Å². The van der Waals surface area contributed by atoms with Gasteiger partial charge in [0.25, 0.3) is 0 Å². The van der Waals surface area contributed by atoms with Crippen LogP contribution in [0.3, 0.4) is 0 Å². The Bertz CT molecular complexity index is 5010. The lowest BCUT2D eigenvalue weighted by Crippen LogP contribution is -2.61. The number of thioether (sulfide) groups is 1. The third kappa shape index (κ3) is 28.8. The first-order valence-corrected chi connectivity index (χ1v) is 44.9. The minimum atomic E-state index is -1.95. The lowest BCUT2D eigenvalue weighted by molar-refractivity contribution is -0.149. The number of amides is 18. The zero-order chi connectivity index (χ0) is 96.9. The number of aromatic hydroxyl groups is 1. The number of hydrogen-bond acceptors (Lipinski definition) is 24. The molecule has 0 spiro atoms. The maximum atomic E-state index is 15.8. The Kier molecular flexibility index (Phi) is 39.1. The number of nitrogens with one attached hydrogen (secondary N) is 12. The molecule has 3 aliphatic rings. The van der Waals surface area contributed by atoms with Gasteiger partial charge in [-0.15, -0.1) is 11.8 Å². The van der Waals surface area contributed by atoms with Crippen LogP contribution >= 0.6 is 11.8 Å².